The largest absolute Gasteiger partial charge is 0.276 e. The molecule has 0 atom stereocenters. The molecule has 1 aliphatic heterocycles. The molecule has 0 unspecified atom stereocenters. The van der Waals surface area contributed by atoms with Gasteiger partial charge in [-0.25, -0.2) is 0 Å². The van der Waals surface area contributed by atoms with Gasteiger partial charge in [0.2, 0.25) is 0 Å². The van der Waals surface area contributed by atoms with Crippen LogP contribution >= 0.6 is 23.4 Å². The molecule has 0 aliphatic carbocycles. The molecule has 0 radical (unpaired) electrons. The number of rotatable bonds is 2. The summed E-state index contributed by atoms with van der Waals surface area (Å²) in [6.07, 6.45) is 0. The lowest BCUT2D eigenvalue weighted by atomic mass is 10.1. The van der Waals surface area contributed by atoms with Crippen molar-refractivity contribution in [1.82, 2.24) is 5.43 Å². The summed E-state index contributed by atoms with van der Waals surface area (Å²) in [5, 5.41) is 6.20. The highest BCUT2D eigenvalue weighted by Gasteiger charge is 2.15. The minimum Gasteiger partial charge on any atom is -0.276 e. The van der Waals surface area contributed by atoms with Gasteiger partial charge in [-0.3, -0.25) is 5.43 Å². The third-order valence-electron chi connectivity index (χ3n) is 3.02. The molecule has 0 saturated heterocycles. The van der Waals surface area contributed by atoms with E-state index in [1.807, 2.05) is 42.5 Å². The zero-order valence-electron chi connectivity index (χ0n) is 10.9. The molecular formula is C16H13ClN2S. The van der Waals surface area contributed by atoms with E-state index in [9.17, 15) is 0 Å². The normalized spacial score (nSPS) is 14.8. The van der Waals surface area contributed by atoms with Crippen LogP contribution < -0.4 is 5.43 Å². The Morgan fingerprint density at radius 3 is 2.30 bits per heavy atom. The number of nitrogens with one attached hydrogen (secondary N) is 1. The molecule has 1 heterocycles. The Labute approximate surface area is 127 Å². The molecule has 3 rings (SSSR count). The van der Waals surface area contributed by atoms with Crippen molar-refractivity contribution in [2.45, 2.75) is 6.92 Å². The SMILES string of the molecule is CC1=C(c2ccc(Cl)cc2)NN=C(c2ccccc2)S1. The Morgan fingerprint density at radius 2 is 1.65 bits per heavy atom. The van der Waals surface area contributed by atoms with Gasteiger partial charge >= 0.3 is 0 Å². The van der Waals surface area contributed by atoms with Gasteiger partial charge in [-0.15, -0.1) is 0 Å². The van der Waals surface area contributed by atoms with E-state index in [1.165, 1.54) is 4.91 Å². The fourth-order valence-corrected chi connectivity index (χ4v) is 3.02. The molecule has 0 aromatic heterocycles. The molecule has 1 aliphatic rings. The van der Waals surface area contributed by atoms with Crippen molar-refractivity contribution in [3.63, 3.8) is 0 Å². The summed E-state index contributed by atoms with van der Waals surface area (Å²) < 4.78 is 0. The molecular weight excluding hydrogens is 288 g/mol. The molecule has 2 aromatic rings. The zero-order valence-corrected chi connectivity index (χ0v) is 12.5. The first kappa shape index (κ1) is 13.3. The molecule has 0 amide bonds. The number of allylic oxidation sites excluding steroid dienone is 1. The Morgan fingerprint density at radius 1 is 0.950 bits per heavy atom. The van der Waals surface area contributed by atoms with Gasteiger partial charge < -0.3 is 0 Å². The Kier molecular flexibility index (Phi) is 3.81. The van der Waals surface area contributed by atoms with E-state index in [2.05, 4.69) is 29.6 Å². The second-order valence-corrected chi connectivity index (χ2v) is 6.07. The van der Waals surface area contributed by atoms with Crippen LogP contribution in [0, 0.1) is 0 Å². The second kappa shape index (κ2) is 5.73. The highest BCUT2D eigenvalue weighted by Crippen LogP contribution is 2.31. The third-order valence-corrected chi connectivity index (χ3v) is 4.31. The number of nitrogens with zero attached hydrogens (tertiary/aromatic N) is 1. The van der Waals surface area contributed by atoms with Gasteiger partial charge in [0.15, 0.2) is 0 Å². The number of hydrogen-bond donors (Lipinski definition) is 1. The maximum absolute atomic E-state index is 5.92. The highest BCUT2D eigenvalue weighted by molar-refractivity contribution is 8.17. The van der Waals surface area contributed by atoms with Crippen LogP contribution in [0.25, 0.3) is 5.70 Å². The standard InChI is InChI=1S/C16H13ClN2S/c1-11-15(12-7-9-14(17)10-8-12)18-19-16(20-11)13-5-3-2-4-6-13/h2-10,18H,1H3. The van der Waals surface area contributed by atoms with Gasteiger partial charge in [-0.05, 0) is 19.1 Å². The summed E-state index contributed by atoms with van der Waals surface area (Å²) in [6.45, 7) is 2.10. The zero-order chi connectivity index (χ0) is 13.9. The Hall–Kier alpha value is -1.71. The Bertz CT molecular complexity index is 675. The molecule has 4 heteroatoms. The van der Waals surface area contributed by atoms with Crippen LogP contribution in [0.3, 0.4) is 0 Å². The van der Waals surface area contributed by atoms with Gasteiger partial charge in [0.05, 0.1) is 5.70 Å². The van der Waals surface area contributed by atoms with Crippen LogP contribution in [0.15, 0.2) is 64.6 Å². The van der Waals surface area contributed by atoms with E-state index in [4.69, 9.17) is 11.6 Å². The lowest BCUT2D eigenvalue weighted by molar-refractivity contribution is 0.988. The summed E-state index contributed by atoms with van der Waals surface area (Å²) in [5.41, 5.74) is 6.41. The van der Waals surface area contributed by atoms with Crippen molar-refractivity contribution >= 4 is 34.1 Å². The predicted molar refractivity (Wildman–Crippen MR) is 87.8 cm³/mol. The average molecular weight is 301 g/mol. The number of hydrogen-bond acceptors (Lipinski definition) is 3. The average Bonchev–Trinajstić information content (AvgIpc) is 2.49. The van der Waals surface area contributed by atoms with Crippen molar-refractivity contribution < 1.29 is 0 Å². The number of benzene rings is 2. The molecule has 0 bridgehead atoms. The van der Waals surface area contributed by atoms with Gasteiger partial charge in [-0.2, -0.15) is 5.10 Å². The lowest BCUT2D eigenvalue weighted by Gasteiger charge is -2.18. The predicted octanol–water partition coefficient (Wildman–Crippen LogP) is 4.73. The fraction of sp³-hybridized carbons (Fsp3) is 0.0625. The van der Waals surface area contributed by atoms with Gasteiger partial charge in [0.25, 0.3) is 0 Å². The van der Waals surface area contributed by atoms with Crippen LogP contribution in [0.5, 0.6) is 0 Å². The monoisotopic (exact) mass is 300 g/mol. The minimum atomic E-state index is 0.740. The van der Waals surface area contributed by atoms with Crippen LogP contribution in [0.1, 0.15) is 18.1 Å². The number of thioether (sulfide) groups is 1. The molecule has 2 nitrogen and oxygen atoms in total. The van der Waals surface area contributed by atoms with Crippen molar-refractivity contribution in [1.29, 1.82) is 0 Å². The van der Waals surface area contributed by atoms with E-state index in [0.717, 1.165) is 26.9 Å². The minimum absolute atomic E-state index is 0.740. The first-order chi connectivity index (χ1) is 9.74. The van der Waals surface area contributed by atoms with Crippen molar-refractivity contribution in [3.05, 3.63) is 75.7 Å². The number of hydrazone groups is 1. The molecule has 20 heavy (non-hydrogen) atoms. The molecule has 0 fully saturated rings. The topological polar surface area (TPSA) is 24.4 Å². The Balaban J connectivity index is 1.86. The fourth-order valence-electron chi connectivity index (χ4n) is 1.99. The van der Waals surface area contributed by atoms with E-state index in [0.29, 0.717) is 0 Å². The highest BCUT2D eigenvalue weighted by atomic mass is 35.5. The smallest absolute Gasteiger partial charge is 0.128 e. The molecule has 100 valence electrons. The van der Waals surface area contributed by atoms with E-state index in [-0.39, 0.29) is 0 Å². The second-order valence-electron chi connectivity index (χ2n) is 4.43. The summed E-state index contributed by atoms with van der Waals surface area (Å²) >= 11 is 7.60. The molecule has 0 saturated carbocycles. The summed E-state index contributed by atoms with van der Waals surface area (Å²) in [4.78, 5) is 1.20. The van der Waals surface area contributed by atoms with Gasteiger partial charge in [0.1, 0.15) is 5.04 Å². The number of halogens is 1. The quantitative estimate of drug-likeness (QED) is 0.867. The first-order valence-corrected chi connectivity index (χ1v) is 7.47. The first-order valence-electron chi connectivity index (χ1n) is 6.28. The van der Waals surface area contributed by atoms with Gasteiger partial charge in [0, 0.05) is 21.1 Å². The summed E-state index contributed by atoms with van der Waals surface area (Å²) in [7, 11) is 0. The summed E-state index contributed by atoms with van der Waals surface area (Å²) in [6, 6.07) is 17.9. The molecule has 2 aromatic carbocycles. The van der Waals surface area contributed by atoms with Crippen molar-refractivity contribution in [2.24, 2.45) is 5.10 Å². The van der Waals surface area contributed by atoms with Crippen LogP contribution in [0.4, 0.5) is 0 Å². The van der Waals surface area contributed by atoms with Crippen LogP contribution in [-0.2, 0) is 0 Å². The maximum Gasteiger partial charge on any atom is 0.128 e. The maximum atomic E-state index is 5.92. The van der Waals surface area contributed by atoms with E-state index >= 15 is 0 Å². The van der Waals surface area contributed by atoms with Crippen LogP contribution in [-0.4, -0.2) is 5.04 Å². The van der Waals surface area contributed by atoms with E-state index < -0.39 is 0 Å². The van der Waals surface area contributed by atoms with Crippen LogP contribution in [0.2, 0.25) is 5.02 Å². The van der Waals surface area contributed by atoms with Crippen molar-refractivity contribution in [2.75, 3.05) is 0 Å². The molecule has 1 N–H and O–H groups in total. The van der Waals surface area contributed by atoms with Gasteiger partial charge in [-0.1, -0.05) is 65.8 Å². The van der Waals surface area contributed by atoms with Crippen molar-refractivity contribution in [3.8, 4) is 0 Å². The lowest BCUT2D eigenvalue weighted by Crippen LogP contribution is -2.14. The van der Waals surface area contributed by atoms with E-state index in [1.54, 1.807) is 11.8 Å². The molecule has 0 spiro atoms. The third kappa shape index (κ3) is 2.74. The summed E-state index contributed by atoms with van der Waals surface area (Å²) in [5.74, 6) is 0.